The lowest BCUT2D eigenvalue weighted by atomic mass is 9.46. The Labute approximate surface area is 161 Å². The quantitative estimate of drug-likeness (QED) is 0.397. The normalized spacial score (nSPS) is 48.4. The molecule has 0 aromatic rings. The van der Waals surface area contributed by atoms with Crippen LogP contribution in [0.15, 0.2) is 23.8 Å². The summed E-state index contributed by atoms with van der Waals surface area (Å²) in [4.78, 5) is 23.6. The molecule has 0 radical (unpaired) electrons. The van der Waals surface area contributed by atoms with E-state index in [0.29, 0.717) is 19.3 Å². The van der Waals surface area contributed by atoms with Gasteiger partial charge in [-0.25, -0.2) is 0 Å². The van der Waals surface area contributed by atoms with Crippen LogP contribution in [-0.4, -0.2) is 45.7 Å². The number of aldehydes is 1. The van der Waals surface area contributed by atoms with E-state index >= 15 is 0 Å². The molecule has 5 heteroatoms. The lowest BCUT2D eigenvalue weighted by molar-refractivity contribution is -0.178. The summed E-state index contributed by atoms with van der Waals surface area (Å²) in [5, 5.41) is 31.8. The number of hydrogen-bond acceptors (Lipinski definition) is 5. The van der Waals surface area contributed by atoms with Crippen LogP contribution in [-0.2, 0) is 9.59 Å². The minimum Gasteiger partial charge on any atom is -0.393 e. The fourth-order valence-electron chi connectivity index (χ4n) is 6.91. The number of rotatable bonds is 4. The molecule has 0 aliphatic heterocycles. The van der Waals surface area contributed by atoms with E-state index in [4.69, 9.17) is 0 Å². The van der Waals surface area contributed by atoms with E-state index < -0.39 is 34.9 Å². The van der Waals surface area contributed by atoms with Gasteiger partial charge in [0.15, 0.2) is 5.78 Å². The Morgan fingerprint density at radius 1 is 1.30 bits per heavy atom. The molecule has 0 spiro atoms. The second-order valence-electron chi connectivity index (χ2n) is 9.11. The molecule has 3 N–H and O–H groups in total. The molecule has 0 amide bonds. The van der Waals surface area contributed by atoms with Crippen molar-refractivity contribution in [3.8, 4) is 0 Å². The molecule has 0 aromatic carbocycles. The Morgan fingerprint density at radius 2 is 2.00 bits per heavy atom. The van der Waals surface area contributed by atoms with E-state index in [-0.39, 0.29) is 17.8 Å². The van der Waals surface area contributed by atoms with E-state index in [1.807, 2.05) is 19.9 Å². The second kappa shape index (κ2) is 6.94. The maximum Gasteiger partial charge on any atom is 0.190 e. The number of ketones is 1. The number of carbonyl (C=O) groups is 2. The van der Waals surface area contributed by atoms with Gasteiger partial charge in [-0.05, 0) is 56.9 Å². The van der Waals surface area contributed by atoms with Gasteiger partial charge in [-0.2, -0.15) is 0 Å². The Hall–Kier alpha value is -1.30. The fourth-order valence-corrected chi connectivity index (χ4v) is 6.91. The maximum atomic E-state index is 12.4. The van der Waals surface area contributed by atoms with Gasteiger partial charge >= 0.3 is 0 Å². The molecule has 3 saturated carbocycles. The first-order chi connectivity index (χ1) is 12.7. The fraction of sp³-hybridized carbons (Fsp3) is 0.727. The van der Waals surface area contributed by atoms with Crippen LogP contribution in [0.25, 0.3) is 0 Å². The Balaban J connectivity index is 2.06. The van der Waals surface area contributed by atoms with Gasteiger partial charge in [0.2, 0.25) is 0 Å². The number of fused-ring (bicyclic) bond motifs is 3. The van der Waals surface area contributed by atoms with Crippen LogP contribution in [0.3, 0.4) is 0 Å². The lowest BCUT2D eigenvalue weighted by Crippen LogP contribution is -2.61. The molecule has 5 nitrogen and oxygen atoms in total. The summed E-state index contributed by atoms with van der Waals surface area (Å²) >= 11 is 0. The summed E-state index contributed by atoms with van der Waals surface area (Å²) < 4.78 is 0. The summed E-state index contributed by atoms with van der Waals surface area (Å²) in [6.45, 7) is 5.26. The maximum absolute atomic E-state index is 12.4. The van der Waals surface area contributed by atoms with Crippen molar-refractivity contribution >= 4 is 12.1 Å². The zero-order chi connectivity index (χ0) is 20.0. The third-order valence-electron chi connectivity index (χ3n) is 8.12. The molecule has 0 heterocycles. The molecule has 150 valence electrons. The molecule has 0 bridgehead atoms. The van der Waals surface area contributed by atoms with Crippen molar-refractivity contribution < 1.29 is 24.9 Å². The summed E-state index contributed by atoms with van der Waals surface area (Å²) in [5.41, 5.74) is -1.69. The number of aliphatic hydroxyl groups is 3. The lowest BCUT2D eigenvalue weighted by Gasteiger charge is -2.59. The van der Waals surface area contributed by atoms with Crippen molar-refractivity contribution in [3.63, 3.8) is 0 Å². The summed E-state index contributed by atoms with van der Waals surface area (Å²) in [5.74, 6) is -0.331. The SMILES string of the molecule is C/C=C\C1(C)/C(=C\C=O)CCC2C1C(O)CC1(C)C2CCC1(O)C(=O)CO. The number of hydrogen-bond donors (Lipinski definition) is 3. The van der Waals surface area contributed by atoms with Gasteiger partial charge in [-0.1, -0.05) is 31.6 Å². The van der Waals surface area contributed by atoms with Crippen molar-refractivity contribution in [2.45, 2.75) is 64.6 Å². The molecule has 3 fully saturated rings. The van der Waals surface area contributed by atoms with Crippen LogP contribution in [0.5, 0.6) is 0 Å². The van der Waals surface area contributed by atoms with Crippen molar-refractivity contribution in [2.24, 2.45) is 28.6 Å². The van der Waals surface area contributed by atoms with Gasteiger partial charge in [0.25, 0.3) is 0 Å². The number of Topliss-reactive ketones (excluding diaryl/α,β-unsaturated/α-hetero) is 1. The average molecular weight is 376 g/mol. The van der Waals surface area contributed by atoms with Gasteiger partial charge in [-0.3, -0.25) is 9.59 Å². The second-order valence-corrected chi connectivity index (χ2v) is 9.11. The highest BCUT2D eigenvalue weighted by atomic mass is 16.3. The van der Waals surface area contributed by atoms with E-state index in [9.17, 15) is 24.9 Å². The predicted octanol–water partition coefficient (Wildman–Crippen LogP) is 2.19. The van der Waals surface area contributed by atoms with Crippen LogP contribution in [0.4, 0.5) is 0 Å². The van der Waals surface area contributed by atoms with Gasteiger partial charge in [-0.15, -0.1) is 0 Å². The first-order valence-corrected chi connectivity index (χ1v) is 10.0. The minimum atomic E-state index is -1.58. The molecular weight excluding hydrogens is 344 g/mol. The standard InChI is InChI=1S/C22H32O5/c1-4-9-20(2)14(8-11-23)5-6-15-16-7-10-22(27,18(26)13-24)21(16,3)12-17(25)19(15)20/h4,8-9,11,15-17,19,24-25,27H,5-7,10,12-13H2,1-3H3/b9-4-,14-8-. The zero-order valence-electron chi connectivity index (χ0n) is 16.5. The highest BCUT2D eigenvalue weighted by Gasteiger charge is 2.67. The third-order valence-corrected chi connectivity index (χ3v) is 8.12. The molecular formula is C22H32O5. The number of allylic oxidation sites excluding steroid dienone is 4. The Kier molecular flexibility index (Phi) is 5.26. The topological polar surface area (TPSA) is 94.8 Å². The Bertz CT molecular complexity index is 682. The van der Waals surface area contributed by atoms with E-state index in [1.165, 1.54) is 0 Å². The van der Waals surface area contributed by atoms with E-state index in [1.54, 1.807) is 6.08 Å². The van der Waals surface area contributed by atoms with Gasteiger partial charge < -0.3 is 15.3 Å². The number of aliphatic hydroxyl groups excluding tert-OH is 2. The van der Waals surface area contributed by atoms with Crippen LogP contribution in [0.2, 0.25) is 0 Å². The summed E-state index contributed by atoms with van der Waals surface area (Å²) in [7, 11) is 0. The smallest absolute Gasteiger partial charge is 0.190 e. The molecule has 27 heavy (non-hydrogen) atoms. The van der Waals surface area contributed by atoms with Gasteiger partial charge in [0.05, 0.1) is 6.10 Å². The van der Waals surface area contributed by atoms with Gasteiger partial charge in [0.1, 0.15) is 18.5 Å². The molecule has 0 aromatic heterocycles. The van der Waals surface area contributed by atoms with Crippen molar-refractivity contribution in [3.05, 3.63) is 23.8 Å². The first kappa shape index (κ1) is 20.4. The first-order valence-electron chi connectivity index (χ1n) is 10.0. The van der Waals surface area contributed by atoms with Crippen LogP contribution < -0.4 is 0 Å². The van der Waals surface area contributed by atoms with E-state index in [2.05, 4.69) is 13.0 Å². The van der Waals surface area contributed by atoms with Crippen molar-refractivity contribution in [1.29, 1.82) is 0 Å². The average Bonchev–Trinajstić information content (AvgIpc) is 2.88. The van der Waals surface area contributed by atoms with E-state index in [0.717, 1.165) is 24.7 Å². The largest absolute Gasteiger partial charge is 0.393 e. The summed E-state index contributed by atoms with van der Waals surface area (Å²) in [6, 6.07) is 0. The Morgan fingerprint density at radius 3 is 2.59 bits per heavy atom. The number of carbonyl (C=O) groups excluding carboxylic acids is 2. The molecule has 7 atom stereocenters. The highest BCUT2D eigenvalue weighted by Crippen LogP contribution is 2.66. The molecule has 0 saturated heterocycles. The van der Waals surface area contributed by atoms with Crippen LogP contribution in [0.1, 0.15) is 52.9 Å². The van der Waals surface area contributed by atoms with Crippen LogP contribution >= 0.6 is 0 Å². The van der Waals surface area contributed by atoms with Gasteiger partial charge in [0, 0.05) is 16.7 Å². The minimum absolute atomic E-state index is 0.0571. The summed E-state index contributed by atoms with van der Waals surface area (Å²) in [6.07, 6.45) is 8.80. The zero-order valence-corrected chi connectivity index (χ0v) is 16.5. The van der Waals surface area contributed by atoms with Crippen molar-refractivity contribution in [2.75, 3.05) is 6.61 Å². The third kappa shape index (κ3) is 2.70. The molecule has 3 rings (SSSR count). The molecule has 3 aliphatic carbocycles. The van der Waals surface area contributed by atoms with Crippen LogP contribution in [0, 0.1) is 28.6 Å². The predicted molar refractivity (Wildman–Crippen MR) is 102 cm³/mol. The van der Waals surface area contributed by atoms with Crippen molar-refractivity contribution in [1.82, 2.24) is 0 Å². The highest BCUT2D eigenvalue weighted by molar-refractivity contribution is 5.89. The molecule has 3 aliphatic rings. The monoisotopic (exact) mass is 376 g/mol. The molecule has 7 unspecified atom stereocenters.